The van der Waals surface area contributed by atoms with E-state index in [9.17, 15) is 18.0 Å². The van der Waals surface area contributed by atoms with Crippen molar-refractivity contribution in [3.8, 4) is 28.0 Å². The number of ether oxygens (including phenoxy) is 1. The average Bonchev–Trinajstić information content (AvgIpc) is 3.15. The number of hydrogen-bond donors (Lipinski definition) is 0. The van der Waals surface area contributed by atoms with Crippen molar-refractivity contribution >= 4 is 5.65 Å². The maximum absolute atomic E-state index is 13.1. The van der Waals surface area contributed by atoms with Crippen molar-refractivity contribution in [3.05, 3.63) is 107 Å². The number of hydrogen-bond acceptors (Lipinski definition) is 4. The van der Waals surface area contributed by atoms with E-state index in [1.165, 1.54) is 33.3 Å². The Labute approximate surface area is 197 Å². The largest absolute Gasteiger partial charge is 0.573 e. The second-order valence-electron chi connectivity index (χ2n) is 8.03. The molecule has 0 N–H and O–H groups in total. The molecule has 0 aliphatic heterocycles. The van der Waals surface area contributed by atoms with Gasteiger partial charge in [0.15, 0.2) is 5.65 Å². The summed E-state index contributed by atoms with van der Waals surface area (Å²) in [5.41, 5.74) is 5.37. The Morgan fingerprint density at radius 2 is 1.57 bits per heavy atom. The van der Waals surface area contributed by atoms with Crippen LogP contribution in [0.15, 0.2) is 90.1 Å². The van der Waals surface area contributed by atoms with Gasteiger partial charge in [-0.25, -0.2) is 13.9 Å². The number of nitrogens with zero attached hydrogens (tertiary/aromatic N) is 4. The van der Waals surface area contributed by atoms with E-state index in [4.69, 9.17) is 0 Å². The number of aromatic nitrogens is 4. The molecule has 176 valence electrons. The number of benzene rings is 2. The first-order chi connectivity index (χ1) is 16.8. The molecule has 3 heterocycles. The molecule has 35 heavy (non-hydrogen) atoms. The summed E-state index contributed by atoms with van der Waals surface area (Å²) < 4.78 is 44.0. The maximum atomic E-state index is 13.1. The van der Waals surface area contributed by atoms with Crippen molar-refractivity contribution in [2.75, 3.05) is 0 Å². The minimum absolute atomic E-state index is 0.0858. The van der Waals surface area contributed by atoms with Gasteiger partial charge in [-0.1, -0.05) is 42.0 Å². The Balaban J connectivity index is 1.60. The molecule has 9 heteroatoms. The summed E-state index contributed by atoms with van der Waals surface area (Å²) in [4.78, 5) is 17.2. The zero-order chi connectivity index (χ0) is 24.6. The highest BCUT2D eigenvalue weighted by atomic mass is 19.4. The van der Waals surface area contributed by atoms with E-state index < -0.39 is 6.36 Å². The third-order valence-corrected chi connectivity index (χ3v) is 5.57. The van der Waals surface area contributed by atoms with Crippen LogP contribution in [0.1, 0.15) is 11.1 Å². The summed E-state index contributed by atoms with van der Waals surface area (Å²) in [6, 6.07) is 19.0. The lowest BCUT2D eigenvalue weighted by Gasteiger charge is -2.11. The normalized spacial score (nSPS) is 11.7. The molecule has 0 amide bonds. The van der Waals surface area contributed by atoms with Crippen LogP contribution in [0.2, 0.25) is 0 Å². The molecule has 0 aliphatic carbocycles. The van der Waals surface area contributed by atoms with Crippen LogP contribution in [0.4, 0.5) is 13.2 Å². The molecule has 2 aromatic carbocycles. The van der Waals surface area contributed by atoms with Crippen molar-refractivity contribution in [1.29, 1.82) is 0 Å². The molecule has 3 aromatic heterocycles. The van der Waals surface area contributed by atoms with Gasteiger partial charge in [-0.2, -0.15) is 0 Å². The van der Waals surface area contributed by atoms with Crippen molar-refractivity contribution < 1.29 is 17.9 Å². The minimum Gasteiger partial charge on any atom is -0.406 e. The van der Waals surface area contributed by atoms with Gasteiger partial charge in [0.05, 0.1) is 6.54 Å². The third-order valence-electron chi connectivity index (χ3n) is 5.57. The van der Waals surface area contributed by atoms with Crippen molar-refractivity contribution in [1.82, 2.24) is 19.2 Å². The third kappa shape index (κ3) is 4.65. The van der Waals surface area contributed by atoms with Crippen LogP contribution < -0.4 is 10.4 Å². The van der Waals surface area contributed by atoms with E-state index in [0.29, 0.717) is 11.2 Å². The van der Waals surface area contributed by atoms with Crippen LogP contribution in [-0.2, 0) is 6.54 Å². The SMILES string of the molecule is Cc1ccc(-c2ccn3c(=O)n(Cc4ccc(OC(F)(F)F)cc4)nc3c2-c2ccncc2)cc1. The van der Waals surface area contributed by atoms with E-state index in [2.05, 4.69) is 14.8 Å². The molecule has 0 radical (unpaired) electrons. The second-order valence-corrected chi connectivity index (χ2v) is 8.03. The first-order valence-electron chi connectivity index (χ1n) is 10.7. The Bertz CT molecular complexity index is 1540. The quantitative estimate of drug-likeness (QED) is 0.337. The minimum atomic E-state index is -4.77. The van der Waals surface area contributed by atoms with Gasteiger partial charge in [0.1, 0.15) is 5.75 Å². The number of pyridine rings is 2. The van der Waals surface area contributed by atoms with E-state index >= 15 is 0 Å². The Hall–Kier alpha value is -4.40. The maximum Gasteiger partial charge on any atom is 0.573 e. The molecule has 0 saturated carbocycles. The fourth-order valence-electron chi connectivity index (χ4n) is 3.93. The summed E-state index contributed by atoms with van der Waals surface area (Å²) in [6.45, 7) is 2.10. The van der Waals surface area contributed by atoms with Crippen LogP contribution in [0.5, 0.6) is 5.75 Å². The van der Waals surface area contributed by atoms with Crippen molar-refractivity contribution in [2.24, 2.45) is 0 Å². The Morgan fingerprint density at radius 1 is 0.886 bits per heavy atom. The van der Waals surface area contributed by atoms with Crippen molar-refractivity contribution in [2.45, 2.75) is 19.8 Å². The zero-order valence-electron chi connectivity index (χ0n) is 18.5. The highest BCUT2D eigenvalue weighted by molar-refractivity contribution is 5.91. The van der Waals surface area contributed by atoms with Gasteiger partial charge in [-0.15, -0.1) is 18.3 Å². The monoisotopic (exact) mass is 476 g/mol. The highest BCUT2D eigenvalue weighted by Crippen LogP contribution is 2.34. The van der Waals surface area contributed by atoms with Gasteiger partial charge in [0.2, 0.25) is 0 Å². The molecule has 0 unspecified atom stereocenters. The van der Waals surface area contributed by atoms with Gasteiger partial charge in [0, 0.05) is 24.2 Å². The van der Waals surface area contributed by atoms with Crippen LogP contribution in [0.3, 0.4) is 0 Å². The predicted octanol–water partition coefficient (Wildman–Crippen LogP) is 5.48. The molecular formula is C26H19F3N4O2. The molecule has 5 aromatic rings. The zero-order valence-corrected chi connectivity index (χ0v) is 18.5. The van der Waals surface area contributed by atoms with Gasteiger partial charge in [0.25, 0.3) is 0 Å². The Morgan fingerprint density at radius 3 is 2.23 bits per heavy atom. The molecule has 0 bridgehead atoms. The molecule has 0 saturated heterocycles. The van der Waals surface area contributed by atoms with E-state index in [0.717, 1.165) is 27.8 Å². The summed E-state index contributed by atoms with van der Waals surface area (Å²) in [7, 11) is 0. The lowest BCUT2D eigenvalue weighted by Crippen LogP contribution is -2.21. The predicted molar refractivity (Wildman–Crippen MR) is 125 cm³/mol. The van der Waals surface area contributed by atoms with E-state index in [-0.39, 0.29) is 18.0 Å². The molecule has 5 rings (SSSR count). The summed E-state index contributed by atoms with van der Waals surface area (Å²) in [5, 5.41) is 4.60. The smallest absolute Gasteiger partial charge is 0.406 e. The number of halogens is 3. The molecular weight excluding hydrogens is 457 g/mol. The van der Waals surface area contributed by atoms with Crippen LogP contribution >= 0.6 is 0 Å². The second kappa shape index (κ2) is 8.75. The summed E-state index contributed by atoms with van der Waals surface area (Å²) >= 11 is 0. The first-order valence-corrected chi connectivity index (χ1v) is 10.7. The number of fused-ring (bicyclic) bond motifs is 1. The molecule has 0 atom stereocenters. The average molecular weight is 476 g/mol. The van der Waals surface area contributed by atoms with Gasteiger partial charge >= 0.3 is 12.1 Å². The van der Waals surface area contributed by atoms with E-state index in [1.54, 1.807) is 18.6 Å². The van der Waals surface area contributed by atoms with E-state index in [1.807, 2.05) is 49.4 Å². The number of alkyl halides is 3. The standard InChI is InChI=1S/C26H19F3N4O2/c1-17-2-6-19(7-3-17)22-12-15-32-24(23(22)20-10-13-30-14-11-20)31-33(25(32)34)16-18-4-8-21(9-5-18)35-26(27,28)29/h2-15H,16H2,1H3. The van der Waals surface area contributed by atoms with Gasteiger partial charge < -0.3 is 4.74 Å². The first kappa shape index (κ1) is 22.4. The lowest BCUT2D eigenvalue weighted by atomic mass is 9.96. The van der Waals surface area contributed by atoms with Crippen LogP contribution in [0.25, 0.3) is 27.9 Å². The molecule has 6 nitrogen and oxygen atoms in total. The molecule has 0 aliphatic rings. The lowest BCUT2D eigenvalue weighted by molar-refractivity contribution is -0.274. The van der Waals surface area contributed by atoms with Crippen LogP contribution in [0, 0.1) is 6.92 Å². The van der Waals surface area contributed by atoms with Crippen molar-refractivity contribution in [3.63, 3.8) is 0 Å². The van der Waals surface area contributed by atoms with Gasteiger partial charge in [-0.3, -0.25) is 4.98 Å². The molecule has 0 spiro atoms. The fraction of sp³-hybridized carbons (Fsp3) is 0.115. The topological polar surface area (TPSA) is 61.4 Å². The Kier molecular flexibility index (Phi) is 5.60. The summed E-state index contributed by atoms with van der Waals surface area (Å²) in [6.07, 6.45) is 0.273. The molecule has 0 fully saturated rings. The number of rotatable bonds is 5. The van der Waals surface area contributed by atoms with Gasteiger partial charge in [-0.05, 0) is 59.5 Å². The summed E-state index contributed by atoms with van der Waals surface area (Å²) in [5.74, 6) is -0.327. The fourth-order valence-corrected chi connectivity index (χ4v) is 3.93. The number of aryl methyl sites for hydroxylation is 1. The highest BCUT2D eigenvalue weighted by Gasteiger charge is 2.31. The van der Waals surface area contributed by atoms with Crippen LogP contribution in [-0.4, -0.2) is 25.5 Å².